The van der Waals surface area contributed by atoms with Gasteiger partial charge in [-0.1, -0.05) is 12.1 Å². The predicted molar refractivity (Wildman–Crippen MR) is 118 cm³/mol. The highest BCUT2D eigenvalue weighted by Gasteiger charge is 2.46. The maximum Gasteiger partial charge on any atom is 0.292 e. The van der Waals surface area contributed by atoms with Crippen LogP contribution in [0.15, 0.2) is 48.5 Å². The molecule has 0 radical (unpaired) electrons. The summed E-state index contributed by atoms with van der Waals surface area (Å²) in [5.74, 6) is 0.337. The molecular formula is C23H27N4O4+. The molecule has 2 aliphatic heterocycles. The molecule has 2 aromatic rings. The van der Waals surface area contributed by atoms with E-state index < -0.39 is 0 Å². The summed E-state index contributed by atoms with van der Waals surface area (Å²) >= 11 is 0. The van der Waals surface area contributed by atoms with E-state index in [1.165, 1.54) is 11.8 Å². The third-order valence-corrected chi connectivity index (χ3v) is 5.92. The molecular weight excluding hydrogens is 396 g/mol. The number of benzene rings is 2. The summed E-state index contributed by atoms with van der Waals surface area (Å²) in [6, 6.07) is 14.4. The molecule has 0 bridgehead atoms. The number of para-hydroxylation sites is 2. The second kappa shape index (κ2) is 8.77. The van der Waals surface area contributed by atoms with E-state index in [-0.39, 0.29) is 30.2 Å². The number of carbonyl (C=O) groups excluding carboxylic acids is 3. The minimum absolute atomic E-state index is 0.155. The fourth-order valence-corrected chi connectivity index (χ4v) is 4.39. The molecule has 4 rings (SSSR count). The molecule has 31 heavy (non-hydrogen) atoms. The second-order valence-electron chi connectivity index (χ2n) is 7.87. The number of nitrogens with zero attached hydrogens (tertiary/aromatic N) is 2. The van der Waals surface area contributed by atoms with E-state index in [0.717, 1.165) is 42.5 Å². The van der Waals surface area contributed by atoms with Crippen LogP contribution in [0.4, 0.5) is 17.1 Å². The van der Waals surface area contributed by atoms with Gasteiger partial charge in [-0.3, -0.25) is 14.4 Å². The van der Waals surface area contributed by atoms with E-state index >= 15 is 0 Å². The lowest BCUT2D eigenvalue weighted by molar-refractivity contribution is -0.915. The van der Waals surface area contributed by atoms with Crippen molar-refractivity contribution in [3.63, 3.8) is 0 Å². The molecule has 2 heterocycles. The van der Waals surface area contributed by atoms with Crippen LogP contribution >= 0.6 is 0 Å². The first kappa shape index (κ1) is 20.9. The smallest absolute Gasteiger partial charge is 0.292 e. The molecule has 0 spiro atoms. The largest absolute Gasteiger partial charge is 0.495 e. The number of rotatable bonds is 5. The van der Waals surface area contributed by atoms with Crippen LogP contribution in [0.25, 0.3) is 0 Å². The highest BCUT2D eigenvalue weighted by atomic mass is 16.5. The molecule has 0 unspecified atom stereocenters. The number of methoxy groups -OCH3 is 1. The maximum atomic E-state index is 13.1. The van der Waals surface area contributed by atoms with Crippen LogP contribution in [0.2, 0.25) is 0 Å². The van der Waals surface area contributed by atoms with Crippen LogP contribution in [0, 0.1) is 0 Å². The molecule has 0 saturated carbocycles. The van der Waals surface area contributed by atoms with E-state index in [1.54, 1.807) is 31.4 Å². The van der Waals surface area contributed by atoms with Crippen molar-refractivity contribution in [2.75, 3.05) is 48.4 Å². The van der Waals surface area contributed by atoms with Gasteiger partial charge in [-0.15, -0.1) is 0 Å². The highest BCUT2D eigenvalue weighted by molar-refractivity contribution is 6.21. The molecule has 3 amide bonds. The van der Waals surface area contributed by atoms with Gasteiger partial charge in [-0.05, 0) is 36.4 Å². The van der Waals surface area contributed by atoms with Gasteiger partial charge in [0.05, 0.1) is 51.1 Å². The van der Waals surface area contributed by atoms with Crippen molar-refractivity contribution in [2.45, 2.75) is 19.4 Å². The van der Waals surface area contributed by atoms with Gasteiger partial charge >= 0.3 is 0 Å². The number of nitrogens with one attached hydrogen (secondary N) is 2. The van der Waals surface area contributed by atoms with E-state index in [9.17, 15) is 14.4 Å². The number of carbonyl (C=O) groups is 3. The van der Waals surface area contributed by atoms with Gasteiger partial charge < -0.3 is 19.9 Å². The average molecular weight is 423 g/mol. The Bertz CT molecular complexity index is 983. The molecule has 2 fully saturated rings. The van der Waals surface area contributed by atoms with Gasteiger partial charge in [-0.2, -0.15) is 0 Å². The lowest BCUT2D eigenvalue weighted by Crippen LogP contribution is -3.19. The van der Waals surface area contributed by atoms with Crippen molar-refractivity contribution in [3.8, 4) is 5.75 Å². The molecule has 1 atom stereocenters. The summed E-state index contributed by atoms with van der Waals surface area (Å²) in [6.45, 7) is 4.56. The molecule has 0 aromatic heterocycles. The summed E-state index contributed by atoms with van der Waals surface area (Å²) in [5.41, 5.74) is 2.22. The van der Waals surface area contributed by atoms with Crippen LogP contribution in [0.1, 0.15) is 13.3 Å². The van der Waals surface area contributed by atoms with Gasteiger partial charge in [0.15, 0.2) is 6.04 Å². The first-order chi connectivity index (χ1) is 15.0. The maximum absolute atomic E-state index is 13.1. The Balaban J connectivity index is 1.42. The van der Waals surface area contributed by atoms with Crippen LogP contribution in [-0.2, 0) is 14.4 Å². The third kappa shape index (κ3) is 4.25. The Morgan fingerprint density at radius 2 is 1.74 bits per heavy atom. The van der Waals surface area contributed by atoms with Crippen molar-refractivity contribution in [1.82, 2.24) is 0 Å². The molecule has 8 nitrogen and oxygen atoms in total. The van der Waals surface area contributed by atoms with Crippen molar-refractivity contribution >= 4 is 34.8 Å². The Kier molecular flexibility index (Phi) is 5.90. The summed E-state index contributed by atoms with van der Waals surface area (Å²) in [6.07, 6.45) is 0.219. The van der Waals surface area contributed by atoms with Gasteiger partial charge in [-0.25, -0.2) is 4.90 Å². The van der Waals surface area contributed by atoms with Gasteiger partial charge in [0.2, 0.25) is 11.8 Å². The lowest BCUT2D eigenvalue weighted by Gasteiger charge is -2.36. The summed E-state index contributed by atoms with van der Waals surface area (Å²) in [7, 11) is 1.67. The normalized spacial score (nSPS) is 19.6. The topological polar surface area (TPSA) is 83.4 Å². The summed E-state index contributed by atoms with van der Waals surface area (Å²) < 4.78 is 5.47. The number of imide groups is 1. The molecule has 8 heteroatoms. The monoisotopic (exact) mass is 423 g/mol. The Hall–Kier alpha value is -3.39. The molecule has 2 aromatic carbocycles. The zero-order valence-electron chi connectivity index (χ0n) is 17.8. The van der Waals surface area contributed by atoms with E-state index in [0.29, 0.717) is 11.4 Å². The van der Waals surface area contributed by atoms with Gasteiger partial charge in [0.25, 0.3) is 5.91 Å². The average Bonchev–Trinajstić information content (AvgIpc) is 3.08. The number of amides is 3. The zero-order chi connectivity index (χ0) is 22.0. The number of piperazine rings is 1. The van der Waals surface area contributed by atoms with Crippen LogP contribution in [0.3, 0.4) is 0 Å². The van der Waals surface area contributed by atoms with E-state index in [4.69, 9.17) is 4.74 Å². The van der Waals surface area contributed by atoms with Crippen LogP contribution in [-0.4, -0.2) is 57.1 Å². The van der Waals surface area contributed by atoms with Gasteiger partial charge in [0.1, 0.15) is 5.75 Å². The molecule has 2 aliphatic rings. The van der Waals surface area contributed by atoms with Crippen molar-refractivity contribution in [1.29, 1.82) is 0 Å². The zero-order valence-corrected chi connectivity index (χ0v) is 17.8. The SMILES string of the molecule is COc1ccccc1N1CC[NH+]([C@@H]2CC(=O)N(c3ccc(NC(C)=O)cc3)C2=O)CC1. The standard InChI is InChI=1S/C23H26N4O4/c1-16(28)24-17-7-9-18(10-8-17)27-22(29)15-20(23(27)30)26-13-11-25(12-14-26)19-5-3-4-6-21(19)31-2/h3-10,20H,11-15H2,1-2H3,(H,24,28)/p+1/t20-/m1/s1. The highest BCUT2D eigenvalue weighted by Crippen LogP contribution is 2.28. The molecule has 2 N–H and O–H groups in total. The first-order valence-corrected chi connectivity index (χ1v) is 10.4. The number of hydrogen-bond acceptors (Lipinski definition) is 5. The van der Waals surface area contributed by atoms with Gasteiger partial charge in [0, 0.05) is 12.6 Å². The number of ether oxygens (including phenoxy) is 1. The second-order valence-corrected chi connectivity index (χ2v) is 7.87. The quantitative estimate of drug-likeness (QED) is 0.692. The Morgan fingerprint density at radius 3 is 2.39 bits per heavy atom. The predicted octanol–water partition coefficient (Wildman–Crippen LogP) is 0.691. The fourth-order valence-electron chi connectivity index (χ4n) is 4.39. The van der Waals surface area contributed by atoms with Crippen LogP contribution in [0.5, 0.6) is 5.75 Å². The number of quaternary nitrogens is 1. The van der Waals surface area contributed by atoms with Crippen molar-refractivity contribution in [3.05, 3.63) is 48.5 Å². The molecule has 0 aliphatic carbocycles. The number of anilines is 3. The Labute approximate surface area is 181 Å². The van der Waals surface area contributed by atoms with Crippen molar-refractivity contribution in [2.24, 2.45) is 0 Å². The third-order valence-electron chi connectivity index (χ3n) is 5.92. The summed E-state index contributed by atoms with van der Waals surface area (Å²) in [4.78, 5) is 41.6. The first-order valence-electron chi connectivity index (χ1n) is 10.4. The minimum atomic E-state index is -0.359. The molecule has 162 valence electrons. The van der Waals surface area contributed by atoms with E-state index in [2.05, 4.69) is 10.2 Å². The van der Waals surface area contributed by atoms with Crippen molar-refractivity contribution < 1.29 is 24.0 Å². The van der Waals surface area contributed by atoms with E-state index in [1.807, 2.05) is 24.3 Å². The fraction of sp³-hybridized carbons (Fsp3) is 0.348. The Morgan fingerprint density at radius 1 is 1.06 bits per heavy atom. The van der Waals surface area contributed by atoms with Crippen LogP contribution < -0.4 is 24.8 Å². The minimum Gasteiger partial charge on any atom is -0.495 e. The number of hydrogen-bond donors (Lipinski definition) is 2. The lowest BCUT2D eigenvalue weighted by atomic mass is 10.1. The summed E-state index contributed by atoms with van der Waals surface area (Å²) in [5, 5.41) is 2.69. The molecule has 2 saturated heterocycles.